The molecule has 2 saturated heterocycles. The first kappa shape index (κ1) is 25.6. The highest BCUT2D eigenvalue weighted by Crippen LogP contribution is 2.47. The topological polar surface area (TPSA) is 98.5 Å². The number of benzene rings is 1. The molecule has 1 aromatic heterocycles. The van der Waals surface area contributed by atoms with Crippen molar-refractivity contribution in [3.63, 3.8) is 0 Å². The molecule has 2 fully saturated rings. The summed E-state index contributed by atoms with van der Waals surface area (Å²) in [5.74, 6) is 1.20. The lowest BCUT2D eigenvalue weighted by atomic mass is 9.72. The predicted octanol–water partition coefficient (Wildman–Crippen LogP) is 1.94. The van der Waals surface area contributed by atoms with Gasteiger partial charge in [-0.25, -0.2) is 9.37 Å². The molecule has 1 aromatic carbocycles. The summed E-state index contributed by atoms with van der Waals surface area (Å²) in [6.07, 6.45) is 0.121. The molecule has 0 amide bonds. The molecule has 35 heavy (non-hydrogen) atoms. The van der Waals surface area contributed by atoms with Gasteiger partial charge in [0.05, 0.1) is 39.0 Å². The fourth-order valence-electron chi connectivity index (χ4n) is 5.15. The number of hydrogen-bond donors (Lipinski definition) is 3. The van der Waals surface area contributed by atoms with Crippen molar-refractivity contribution in [1.29, 1.82) is 0 Å². The lowest BCUT2D eigenvalue weighted by molar-refractivity contribution is 0.0355. The number of methoxy groups -OCH3 is 1. The van der Waals surface area contributed by atoms with Crippen molar-refractivity contribution in [3.8, 4) is 11.5 Å². The summed E-state index contributed by atoms with van der Waals surface area (Å²) in [7, 11) is 1.59. The standard InChI is InChI=1S/C26H36FN3O5/c1-16-7-22(27)25(28-9-16)30-11-20(12-30)35-24-8-18(5-6-23(24)34-4)21-13-29(10-19(33)14-31)15-26(21,3)17(2)32/h5-9,17,19-21,31-33H,10-15H2,1-4H3/t17-,19-,21+,26+/m1/s1. The van der Waals surface area contributed by atoms with Gasteiger partial charge in [-0.15, -0.1) is 0 Å². The summed E-state index contributed by atoms with van der Waals surface area (Å²) in [4.78, 5) is 8.14. The van der Waals surface area contributed by atoms with Crippen LogP contribution in [0.2, 0.25) is 0 Å². The Kier molecular flexibility index (Phi) is 7.51. The quantitative estimate of drug-likeness (QED) is 0.492. The monoisotopic (exact) mass is 489 g/mol. The van der Waals surface area contributed by atoms with Crippen LogP contribution in [-0.2, 0) is 0 Å². The largest absolute Gasteiger partial charge is 0.493 e. The molecule has 0 bridgehead atoms. The second-order valence-corrected chi connectivity index (χ2v) is 10.1. The smallest absolute Gasteiger partial charge is 0.165 e. The van der Waals surface area contributed by atoms with Gasteiger partial charge in [0.2, 0.25) is 0 Å². The predicted molar refractivity (Wildman–Crippen MR) is 131 cm³/mol. The van der Waals surface area contributed by atoms with Gasteiger partial charge in [0.1, 0.15) is 6.10 Å². The lowest BCUT2D eigenvalue weighted by Crippen LogP contribution is -2.54. The van der Waals surface area contributed by atoms with Crippen LogP contribution in [0.4, 0.5) is 10.2 Å². The molecule has 8 nitrogen and oxygen atoms in total. The number of aliphatic hydroxyl groups excluding tert-OH is 3. The number of likely N-dealkylation sites (tertiary alicyclic amines) is 1. The van der Waals surface area contributed by atoms with Crippen LogP contribution in [0.3, 0.4) is 0 Å². The average Bonchev–Trinajstić information content (AvgIpc) is 3.13. The molecule has 0 spiro atoms. The number of aryl methyl sites for hydroxylation is 1. The highest BCUT2D eigenvalue weighted by atomic mass is 19.1. The summed E-state index contributed by atoms with van der Waals surface area (Å²) >= 11 is 0. The van der Waals surface area contributed by atoms with Crippen molar-refractivity contribution in [2.24, 2.45) is 5.41 Å². The number of aliphatic hydroxyl groups is 3. The third-order valence-corrected chi connectivity index (χ3v) is 7.42. The van der Waals surface area contributed by atoms with Crippen molar-refractivity contribution in [2.75, 3.05) is 51.3 Å². The molecule has 0 aliphatic carbocycles. The third kappa shape index (κ3) is 5.23. The Hall–Kier alpha value is -2.46. The molecule has 2 aliphatic heterocycles. The molecule has 0 radical (unpaired) electrons. The number of aromatic nitrogens is 1. The first-order valence-electron chi connectivity index (χ1n) is 12.1. The maximum Gasteiger partial charge on any atom is 0.165 e. The molecule has 9 heteroatoms. The molecule has 0 saturated carbocycles. The van der Waals surface area contributed by atoms with Gasteiger partial charge in [0, 0.05) is 37.2 Å². The van der Waals surface area contributed by atoms with Crippen LogP contribution in [0.15, 0.2) is 30.5 Å². The van der Waals surface area contributed by atoms with E-state index in [1.54, 1.807) is 20.2 Å². The number of anilines is 1. The van der Waals surface area contributed by atoms with Crippen LogP contribution in [0, 0.1) is 18.2 Å². The number of ether oxygens (including phenoxy) is 2. The van der Waals surface area contributed by atoms with E-state index in [1.165, 1.54) is 6.07 Å². The summed E-state index contributed by atoms with van der Waals surface area (Å²) in [5, 5.41) is 29.9. The van der Waals surface area contributed by atoms with Crippen molar-refractivity contribution in [1.82, 2.24) is 9.88 Å². The Balaban J connectivity index is 1.50. The lowest BCUT2D eigenvalue weighted by Gasteiger charge is -2.40. The molecule has 2 aromatic rings. The number of pyridine rings is 1. The highest BCUT2D eigenvalue weighted by Gasteiger charge is 2.47. The van der Waals surface area contributed by atoms with E-state index in [2.05, 4.69) is 9.88 Å². The van der Waals surface area contributed by atoms with Gasteiger partial charge < -0.3 is 29.7 Å². The van der Waals surface area contributed by atoms with Crippen molar-refractivity contribution >= 4 is 5.82 Å². The molecule has 192 valence electrons. The average molecular weight is 490 g/mol. The normalized spacial score (nSPS) is 24.8. The SMILES string of the molecule is COc1ccc([C@@H]2CN(C[C@@H](O)CO)C[C@@]2(C)[C@@H](C)O)cc1OC1CN(c2ncc(C)cc2F)C1. The summed E-state index contributed by atoms with van der Waals surface area (Å²) in [6.45, 7) is 7.96. The Morgan fingerprint density at radius 3 is 2.57 bits per heavy atom. The highest BCUT2D eigenvalue weighted by molar-refractivity contribution is 5.47. The molecular formula is C26H36FN3O5. The molecule has 4 rings (SSSR count). The van der Waals surface area contributed by atoms with Crippen LogP contribution < -0.4 is 14.4 Å². The zero-order chi connectivity index (χ0) is 25.3. The van der Waals surface area contributed by atoms with E-state index in [0.29, 0.717) is 50.0 Å². The number of rotatable bonds is 9. The first-order chi connectivity index (χ1) is 16.6. The van der Waals surface area contributed by atoms with Gasteiger partial charge in [0.15, 0.2) is 23.1 Å². The minimum Gasteiger partial charge on any atom is -0.493 e. The number of hydrogen-bond acceptors (Lipinski definition) is 8. The van der Waals surface area contributed by atoms with Crippen LogP contribution in [-0.4, -0.2) is 90.0 Å². The maximum atomic E-state index is 14.3. The Morgan fingerprint density at radius 2 is 1.94 bits per heavy atom. The Bertz CT molecular complexity index is 1030. The second kappa shape index (κ2) is 10.3. The minimum atomic E-state index is -0.823. The number of nitrogens with zero attached hydrogens (tertiary/aromatic N) is 3. The van der Waals surface area contributed by atoms with Crippen LogP contribution in [0.5, 0.6) is 11.5 Å². The van der Waals surface area contributed by atoms with Crippen LogP contribution >= 0.6 is 0 Å². The second-order valence-electron chi connectivity index (χ2n) is 10.1. The van der Waals surface area contributed by atoms with Gasteiger partial charge in [-0.3, -0.25) is 4.90 Å². The first-order valence-corrected chi connectivity index (χ1v) is 12.1. The Morgan fingerprint density at radius 1 is 1.20 bits per heavy atom. The molecular weight excluding hydrogens is 453 g/mol. The van der Waals surface area contributed by atoms with Crippen molar-refractivity contribution in [2.45, 2.75) is 45.0 Å². The van der Waals surface area contributed by atoms with Gasteiger partial charge in [-0.1, -0.05) is 13.0 Å². The fourth-order valence-corrected chi connectivity index (χ4v) is 5.15. The van der Waals surface area contributed by atoms with Gasteiger partial charge in [-0.05, 0) is 43.2 Å². The summed E-state index contributed by atoms with van der Waals surface area (Å²) in [6, 6.07) is 7.30. The van der Waals surface area contributed by atoms with E-state index in [1.807, 2.05) is 36.9 Å². The number of β-amino-alcohol motifs (C(OH)–C–C–N with tert-alkyl or cyclic N) is 1. The molecule has 3 heterocycles. The molecule has 3 N–H and O–H groups in total. The molecule has 4 atom stereocenters. The summed E-state index contributed by atoms with van der Waals surface area (Å²) in [5.41, 5.74) is 1.34. The van der Waals surface area contributed by atoms with E-state index >= 15 is 0 Å². The van der Waals surface area contributed by atoms with E-state index in [-0.39, 0.29) is 24.4 Å². The van der Waals surface area contributed by atoms with Gasteiger partial charge in [-0.2, -0.15) is 0 Å². The van der Waals surface area contributed by atoms with Crippen molar-refractivity contribution < 1.29 is 29.2 Å². The zero-order valence-corrected chi connectivity index (χ0v) is 20.8. The van der Waals surface area contributed by atoms with Crippen LogP contribution in [0.25, 0.3) is 0 Å². The van der Waals surface area contributed by atoms with E-state index in [0.717, 1.165) is 11.1 Å². The molecule has 0 unspecified atom stereocenters. The maximum absolute atomic E-state index is 14.3. The van der Waals surface area contributed by atoms with E-state index in [9.17, 15) is 19.7 Å². The minimum absolute atomic E-state index is 0.00890. The summed E-state index contributed by atoms with van der Waals surface area (Å²) < 4.78 is 26.1. The zero-order valence-electron chi connectivity index (χ0n) is 20.8. The van der Waals surface area contributed by atoms with Gasteiger partial charge in [0.25, 0.3) is 0 Å². The van der Waals surface area contributed by atoms with Crippen molar-refractivity contribution in [3.05, 3.63) is 47.4 Å². The van der Waals surface area contributed by atoms with E-state index < -0.39 is 17.6 Å². The van der Waals surface area contributed by atoms with E-state index in [4.69, 9.17) is 9.47 Å². The molecule has 2 aliphatic rings. The Labute approximate surface area is 205 Å². The fraction of sp³-hybridized carbons (Fsp3) is 0.577. The van der Waals surface area contributed by atoms with Crippen LogP contribution in [0.1, 0.15) is 30.9 Å². The van der Waals surface area contributed by atoms with Gasteiger partial charge >= 0.3 is 0 Å². The third-order valence-electron chi connectivity index (χ3n) is 7.42. The number of halogens is 1.